The number of thioether (sulfide) groups is 1. The Balaban J connectivity index is 1.37. The molecule has 0 spiro atoms. The summed E-state index contributed by atoms with van der Waals surface area (Å²) in [7, 11) is 0. The summed E-state index contributed by atoms with van der Waals surface area (Å²) >= 11 is 8.01. The minimum absolute atomic E-state index is 0.126. The normalized spacial score (nSPS) is 15.3. The van der Waals surface area contributed by atoms with Crippen LogP contribution in [0.3, 0.4) is 0 Å². The second-order valence-electron chi connectivity index (χ2n) is 11.7. The minimum Gasteiger partial charge on any atom is -0.550 e. The fourth-order valence-corrected chi connectivity index (χ4v) is 7.08. The molecular formula is C35H35ClNO3S-. The molecule has 5 rings (SSSR count). The van der Waals surface area contributed by atoms with Crippen LogP contribution in [0.25, 0.3) is 23.1 Å². The number of hydrogen-bond donors (Lipinski definition) is 1. The van der Waals surface area contributed by atoms with Gasteiger partial charge in [0.05, 0.1) is 16.8 Å². The predicted octanol–water partition coefficient (Wildman–Crippen LogP) is 7.61. The Kier molecular flexibility index (Phi) is 8.88. The lowest BCUT2D eigenvalue weighted by molar-refractivity contribution is -0.307. The summed E-state index contributed by atoms with van der Waals surface area (Å²) in [6.07, 6.45) is 7.78. The van der Waals surface area contributed by atoms with E-state index in [-0.39, 0.29) is 17.1 Å². The highest BCUT2D eigenvalue weighted by Crippen LogP contribution is 2.53. The number of carboxylic acid groups (broad SMARTS) is 1. The summed E-state index contributed by atoms with van der Waals surface area (Å²) in [5.74, 6) is -0.168. The van der Waals surface area contributed by atoms with E-state index in [1.165, 1.54) is 5.56 Å². The highest BCUT2D eigenvalue weighted by molar-refractivity contribution is 7.99. The second kappa shape index (κ2) is 12.4. The Morgan fingerprint density at radius 2 is 1.85 bits per heavy atom. The number of aliphatic hydroxyl groups is 1. The van der Waals surface area contributed by atoms with Crippen LogP contribution in [-0.2, 0) is 16.8 Å². The lowest BCUT2D eigenvalue weighted by atomic mass is 9.90. The molecule has 1 N–H and O–H groups in total. The van der Waals surface area contributed by atoms with Gasteiger partial charge in [-0.3, -0.25) is 0 Å². The Morgan fingerprint density at radius 1 is 1.07 bits per heavy atom. The number of pyridine rings is 1. The van der Waals surface area contributed by atoms with Crippen molar-refractivity contribution in [3.8, 4) is 0 Å². The third kappa shape index (κ3) is 7.79. The standard InChI is InChI=1S/C35H36ClNO3S/c1-34(2,40)30-9-4-3-7-25(30)13-17-32(41-23-35(18-19-35)22-33(38)39)27-8-5-6-24(20-27)10-15-29-16-12-26-11-14-28(36)21-31(26)37-29/h3-12,14-16,20-21,32,40H,13,17-19,22-23H2,1-2H3,(H,38,39)/p-1/b15-10+. The van der Waals surface area contributed by atoms with Crippen LogP contribution in [0.4, 0.5) is 0 Å². The molecule has 1 fully saturated rings. The topological polar surface area (TPSA) is 73.2 Å². The SMILES string of the molecule is CC(C)(O)c1ccccc1CCC(SCC1(CC(=O)[O-])CC1)c1cccc(/C=C/c2ccc3ccc(Cl)cc3n2)c1. The zero-order valence-electron chi connectivity index (χ0n) is 23.5. The van der Waals surface area contributed by atoms with E-state index in [4.69, 9.17) is 16.6 Å². The van der Waals surface area contributed by atoms with Gasteiger partial charge < -0.3 is 15.0 Å². The van der Waals surface area contributed by atoms with E-state index in [0.29, 0.717) is 5.02 Å². The molecule has 1 saturated carbocycles. The number of fused-ring (bicyclic) bond motifs is 1. The Hall–Kier alpha value is -3.12. The number of nitrogens with zero attached hydrogens (tertiary/aromatic N) is 1. The van der Waals surface area contributed by atoms with Gasteiger partial charge in [-0.15, -0.1) is 0 Å². The molecule has 1 atom stereocenters. The number of aryl methyl sites for hydroxylation is 1. The molecule has 41 heavy (non-hydrogen) atoms. The van der Waals surface area contributed by atoms with Crippen molar-refractivity contribution < 1.29 is 15.0 Å². The molecule has 0 radical (unpaired) electrons. The first-order chi connectivity index (χ1) is 19.6. The van der Waals surface area contributed by atoms with Gasteiger partial charge in [0.1, 0.15) is 0 Å². The summed E-state index contributed by atoms with van der Waals surface area (Å²) in [6.45, 7) is 3.65. The molecule has 4 aromatic rings. The molecule has 3 aromatic carbocycles. The number of carboxylic acids is 1. The highest BCUT2D eigenvalue weighted by Gasteiger charge is 2.42. The highest BCUT2D eigenvalue weighted by atomic mass is 35.5. The maximum atomic E-state index is 11.4. The number of halogens is 1. The summed E-state index contributed by atoms with van der Waals surface area (Å²) < 4.78 is 0. The van der Waals surface area contributed by atoms with Gasteiger partial charge in [0, 0.05) is 21.6 Å². The number of aliphatic carboxylic acids is 1. The van der Waals surface area contributed by atoms with Crippen molar-refractivity contribution in [2.75, 3.05) is 5.75 Å². The van der Waals surface area contributed by atoms with Gasteiger partial charge in [0.15, 0.2) is 0 Å². The third-order valence-electron chi connectivity index (χ3n) is 7.82. The van der Waals surface area contributed by atoms with E-state index in [2.05, 4.69) is 36.4 Å². The largest absolute Gasteiger partial charge is 0.550 e. The molecule has 0 saturated heterocycles. The van der Waals surface area contributed by atoms with E-state index in [9.17, 15) is 15.0 Å². The van der Waals surface area contributed by atoms with Crippen molar-refractivity contribution in [1.29, 1.82) is 0 Å². The van der Waals surface area contributed by atoms with Crippen molar-refractivity contribution in [2.45, 2.75) is 56.8 Å². The van der Waals surface area contributed by atoms with Gasteiger partial charge in [-0.05, 0) is 104 Å². The third-order valence-corrected chi connectivity index (χ3v) is 9.75. The quantitative estimate of drug-likeness (QED) is 0.185. The van der Waals surface area contributed by atoms with Crippen molar-refractivity contribution in [2.24, 2.45) is 5.41 Å². The van der Waals surface area contributed by atoms with Crippen molar-refractivity contribution in [1.82, 2.24) is 4.98 Å². The van der Waals surface area contributed by atoms with Gasteiger partial charge in [0.2, 0.25) is 0 Å². The van der Waals surface area contributed by atoms with E-state index < -0.39 is 11.6 Å². The maximum absolute atomic E-state index is 11.4. The van der Waals surface area contributed by atoms with Gasteiger partial charge >= 0.3 is 0 Å². The van der Waals surface area contributed by atoms with Crippen molar-refractivity contribution >= 4 is 52.4 Å². The zero-order chi connectivity index (χ0) is 29.0. The van der Waals surface area contributed by atoms with E-state index in [0.717, 1.165) is 64.7 Å². The average molecular weight is 585 g/mol. The van der Waals surface area contributed by atoms with Crippen LogP contribution < -0.4 is 5.11 Å². The van der Waals surface area contributed by atoms with Crippen LogP contribution in [0.2, 0.25) is 5.02 Å². The van der Waals surface area contributed by atoms with Crippen LogP contribution in [0.5, 0.6) is 0 Å². The number of aromatic nitrogens is 1. The number of benzene rings is 3. The molecule has 4 nitrogen and oxygen atoms in total. The van der Waals surface area contributed by atoms with E-state index in [1.54, 1.807) is 0 Å². The molecule has 1 aliphatic rings. The van der Waals surface area contributed by atoms with Crippen LogP contribution in [0, 0.1) is 5.41 Å². The van der Waals surface area contributed by atoms with Crippen LogP contribution >= 0.6 is 23.4 Å². The lowest BCUT2D eigenvalue weighted by Crippen LogP contribution is -2.26. The monoisotopic (exact) mass is 584 g/mol. The first-order valence-corrected chi connectivity index (χ1v) is 15.5. The molecule has 0 aliphatic heterocycles. The summed E-state index contributed by atoms with van der Waals surface area (Å²) in [5, 5.41) is 24.0. The Bertz CT molecular complexity index is 1570. The second-order valence-corrected chi connectivity index (χ2v) is 13.3. The number of carbonyl (C=O) groups is 1. The fraction of sp³-hybridized carbons (Fsp3) is 0.314. The summed E-state index contributed by atoms with van der Waals surface area (Å²) in [6, 6.07) is 26.4. The molecular weight excluding hydrogens is 550 g/mol. The predicted molar refractivity (Wildman–Crippen MR) is 169 cm³/mol. The molecule has 1 aliphatic carbocycles. The first kappa shape index (κ1) is 29.4. The molecule has 212 valence electrons. The van der Waals surface area contributed by atoms with Crippen molar-refractivity contribution in [3.05, 3.63) is 112 Å². The minimum atomic E-state index is -0.963. The Morgan fingerprint density at radius 3 is 2.61 bits per heavy atom. The smallest absolute Gasteiger partial charge is 0.0843 e. The van der Waals surface area contributed by atoms with Crippen molar-refractivity contribution in [3.63, 3.8) is 0 Å². The van der Waals surface area contributed by atoms with E-state index in [1.807, 2.05) is 80.2 Å². The van der Waals surface area contributed by atoms with Gasteiger partial charge in [-0.25, -0.2) is 4.98 Å². The molecule has 0 bridgehead atoms. The molecule has 6 heteroatoms. The summed E-state index contributed by atoms with van der Waals surface area (Å²) in [5.41, 5.74) is 5.03. The van der Waals surface area contributed by atoms with Crippen LogP contribution in [0.15, 0.2) is 78.9 Å². The summed E-state index contributed by atoms with van der Waals surface area (Å²) in [4.78, 5) is 16.1. The fourth-order valence-electron chi connectivity index (χ4n) is 5.34. The zero-order valence-corrected chi connectivity index (χ0v) is 25.0. The van der Waals surface area contributed by atoms with Gasteiger partial charge in [-0.1, -0.05) is 78.3 Å². The lowest BCUT2D eigenvalue weighted by Gasteiger charge is -2.24. The molecule has 1 unspecified atom stereocenters. The Labute approximate surface area is 251 Å². The molecule has 0 amide bonds. The average Bonchev–Trinajstić information content (AvgIpc) is 3.70. The molecule has 1 aromatic heterocycles. The number of carbonyl (C=O) groups excluding carboxylic acids is 1. The molecule has 1 heterocycles. The van der Waals surface area contributed by atoms with Crippen LogP contribution in [-0.4, -0.2) is 21.8 Å². The van der Waals surface area contributed by atoms with Gasteiger partial charge in [-0.2, -0.15) is 11.8 Å². The van der Waals surface area contributed by atoms with E-state index >= 15 is 0 Å². The van der Waals surface area contributed by atoms with Crippen LogP contribution in [0.1, 0.15) is 72.7 Å². The number of rotatable bonds is 12. The maximum Gasteiger partial charge on any atom is 0.0843 e. The first-order valence-electron chi connectivity index (χ1n) is 14.1. The van der Waals surface area contributed by atoms with Gasteiger partial charge in [0.25, 0.3) is 0 Å². The number of hydrogen-bond acceptors (Lipinski definition) is 5.